The van der Waals surface area contributed by atoms with Crippen molar-refractivity contribution in [1.29, 1.82) is 0 Å². The smallest absolute Gasteiger partial charge is 0.261 e. The molecule has 0 saturated heterocycles. The van der Waals surface area contributed by atoms with Crippen LogP contribution in [0.15, 0.2) is 12.1 Å². The molecule has 1 amide bonds. The maximum atomic E-state index is 12.0. The number of carbonyl (C=O) groups excluding carboxylic acids is 1. The average Bonchev–Trinajstić information content (AvgIpc) is 2.53. The lowest BCUT2D eigenvalue weighted by molar-refractivity contribution is -0.212. The third kappa shape index (κ3) is 3.09. The van der Waals surface area contributed by atoms with Crippen molar-refractivity contribution < 1.29 is 19.1 Å². The fraction of sp³-hybridized carbons (Fsp3) is 0.533. The minimum absolute atomic E-state index is 0.0944. The van der Waals surface area contributed by atoms with Crippen LogP contribution in [0.1, 0.15) is 36.9 Å². The molecule has 1 heterocycles. The Balaban J connectivity index is 2.45. The molecule has 1 unspecified atom stereocenters. The summed E-state index contributed by atoms with van der Waals surface area (Å²) in [5, 5.41) is 1.39. The summed E-state index contributed by atoms with van der Waals surface area (Å²) in [7, 11) is 3.20. The quantitative estimate of drug-likeness (QED) is 0.784. The van der Waals surface area contributed by atoms with Crippen LogP contribution < -0.4 is 9.47 Å². The van der Waals surface area contributed by atoms with Crippen LogP contribution in [0.2, 0.25) is 0 Å². The zero-order valence-electron chi connectivity index (χ0n) is 12.5. The van der Waals surface area contributed by atoms with Gasteiger partial charge in [-0.25, -0.2) is 5.06 Å². The van der Waals surface area contributed by atoms with Crippen LogP contribution in [-0.4, -0.2) is 31.1 Å². The molecule has 6 heteroatoms. The highest BCUT2D eigenvalue weighted by atomic mass is 35.5. The molecule has 0 fully saturated rings. The standard InChI is InChI=1S/C15H20ClNO4/c1-4-5-12-11-7-14(20-3)13(19-2)6-10(11)9-21-17(12)15(18)8-16/h6-7,12H,4-5,8-9H2,1-3H3. The Kier molecular flexibility index (Phi) is 5.31. The lowest BCUT2D eigenvalue weighted by Crippen LogP contribution is -2.39. The van der Waals surface area contributed by atoms with Crippen molar-refractivity contribution >= 4 is 17.5 Å². The molecule has 1 aromatic rings. The van der Waals surface area contributed by atoms with Crippen molar-refractivity contribution in [1.82, 2.24) is 5.06 Å². The van der Waals surface area contributed by atoms with Gasteiger partial charge in [0.1, 0.15) is 12.5 Å². The topological polar surface area (TPSA) is 48.0 Å². The first-order chi connectivity index (χ1) is 10.2. The first kappa shape index (κ1) is 15.9. The van der Waals surface area contributed by atoms with Crippen molar-refractivity contribution in [3.05, 3.63) is 23.3 Å². The van der Waals surface area contributed by atoms with E-state index in [1.807, 2.05) is 12.1 Å². The molecule has 0 saturated carbocycles. The average molecular weight is 314 g/mol. The van der Waals surface area contributed by atoms with Crippen LogP contribution in [0.3, 0.4) is 0 Å². The van der Waals surface area contributed by atoms with E-state index in [1.54, 1.807) is 14.2 Å². The van der Waals surface area contributed by atoms with Crippen LogP contribution in [-0.2, 0) is 16.2 Å². The first-order valence-electron chi connectivity index (χ1n) is 6.92. The third-order valence-corrected chi connectivity index (χ3v) is 3.80. The highest BCUT2D eigenvalue weighted by Gasteiger charge is 2.32. The van der Waals surface area contributed by atoms with Gasteiger partial charge in [-0.1, -0.05) is 13.3 Å². The lowest BCUT2D eigenvalue weighted by atomic mass is 9.95. The zero-order valence-corrected chi connectivity index (χ0v) is 13.3. The maximum absolute atomic E-state index is 12.0. The van der Waals surface area contributed by atoms with Gasteiger partial charge in [-0.05, 0) is 29.7 Å². The van der Waals surface area contributed by atoms with E-state index in [-0.39, 0.29) is 17.8 Å². The molecule has 0 bridgehead atoms. The molecular weight excluding hydrogens is 294 g/mol. The molecule has 2 rings (SSSR count). The van der Waals surface area contributed by atoms with Crippen molar-refractivity contribution in [3.8, 4) is 11.5 Å². The number of fused-ring (bicyclic) bond motifs is 1. The van der Waals surface area contributed by atoms with Gasteiger partial charge < -0.3 is 9.47 Å². The second kappa shape index (κ2) is 7.00. The van der Waals surface area contributed by atoms with E-state index in [2.05, 4.69) is 6.92 Å². The Bertz CT molecular complexity index is 521. The fourth-order valence-corrected chi connectivity index (χ4v) is 2.70. The van der Waals surface area contributed by atoms with Crippen LogP contribution in [0, 0.1) is 0 Å². The molecule has 1 aliphatic rings. The molecule has 0 spiro atoms. The summed E-state index contributed by atoms with van der Waals surface area (Å²) in [4.78, 5) is 17.6. The summed E-state index contributed by atoms with van der Waals surface area (Å²) in [5.74, 6) is 0.989. The third-order valence-electron chi connectivity index (χ3n) is 3.57. The van der Waals surface area contributed by atoms with E-state index in [0.29, 0.717) is 18.1 Å². The first-order valence-corrected chi connectivity index (χ1v) is 7.45. The predicted octanol–water partition coefficient (Wildman–Crippen LogP) is 3.06. The van der Waals surface area contributed by atoms with E-state index in [4.69, 9.17) is 25.9 Å². The van der Waals surface area contributed by atoms with Gasteiger partial charge in [0.15, 0.2) is 11.5 Å². The Hall–Kier alpha value is -1.46. The van der Waals surface area contributed by atoms with Crippen molar-refractivity contribution in [3.63, 3.8) is 0 Å². The number of halogens is 1. The summed E-state index contributed by atoms with van der Waals surface area (Å²) in [6, 6.07) is 3.68. The van der Waals surface area contributed by atoms with Crippen molar-refractivity contribution in [2.45, 2.75) is 32.4 Å². The second-order valence-corrected chi connectivity index (χ2v) is 5.10. The number of ether oxygens (including phenoxy) is 2. The molecule has 116 valence electrons. The number of methoxy groups -OCH3 is 2. The van der Waals surface area contributed by atoms with Gasteiger partial charge >= 0.3 is 0 Å². The normalized spacial score (nSPS) is 17.3. The number of benzene rings is 1. The van der Waals surface area contributed by atoms with Crippen LogP contribution in [0.5, 0.6) is 11.5 Å². The molecule has 0 radical (unpaired) electrons. The van der Waals surface area contributed by atoms with Crippen LogP contribution in [0.25, 0.3) is 0 Å². The Morgan fingerprint density at radius 2 is 2.05 bits per heavy atom. The van der Waals surface area contributed by atoms with Gasteiger partial charge in [-0.3, -0.25) is 9.63 Å². The molecule has 5 nitrogen and oxygen atoms in total. The highest BCUT2D eigenvalue weighted by Crippen LogP contribution is 2.40. The summed E-state index contributed by atoms with van der Waals surface area (Å²) in [6.07, 6.45) is 1.72. The molecule has 1 aromatic carbocycles. The number of hydroxylamine groups is 2. The van der Waals surface area contributed by atoms with Gasteiger partial charge in [-0.2, -0.15) is 0 Å². The molecule has 21 heavy (non-hydrogen) atoms. The lowest BCUT2D eigenvalue weighted by Gasteiger charge is -2.36. The van der Waals surface area contributed by atoms with Crippen molar-refractivity contribution in [2.75, 3.05) is 20.1 Å². The van der Waals surface area contributed by atoms with E-state index >= 15 is 0 Å². The van der Waals surface area contributed by atoms with Gasteiger partial charge in [0.2, 0.25) is 0 Å². The molecule has 0 aromatic heterocycles. The van der Waals surface area contributed by atoms with E-state index in [0.717, 1.165) is 24.0 Å². The SMILES string of the molecule is CCCC1c2cc(OC)c(OC)cc2CON1C(=O)CCl. The molecule has 0 aliphatic carbocycles. The molecule has 1 atom stereocenters. The number of alkyl halides is 1. The van der Waals surface area contributed by atoms with Crippen LogP contribution >= 0.6 is 11.6 Å². The minimum atomic E-state index is -0.226. The van der Waals surface area contributed by atoms with Gasteiger partial charge in [0, 0.05) is 0 Å². The number of carbonyl (C=O) groups is 1. The summed E-state index contributed by atoms with van der Waals surface area (Å²) < 4.78 is 10.7. The molecule has 1 aliphatic heterocycles. The maximum Gasteiger partial charge on any atom is 0.261 e. The molecular formula is C15H20ClNO4. The minimum Gasteiger partial charge on any atom is -0.493 e. The Labute approximate surface area is 129 Å². The Morgan fingerprint density at radius 3 is 2.62 bits per heavy atom. The van der Waals surface area contributed by atoms with E-state index < -0.39 is 0 Å². The monoisotopic (exact) mass is 313 g/mol. The van der Waals surface area contributed by atoms with Gasteiger partial charge in [0.25, 0.3) is 5.91 Å². The number of hydrogen-bond acceptors (Lipinski definition) is 4. The largest absolute Gasteiger partial charge is 0.493 e. The number of hydrogen-bond donors (Lipinski definition) is 0. The van der Waals surface area contributed by atoms with Crippen LogP contribution in [0.4, 0.5) is 0 Å². The van der Waals surface area contributed by atoms with Crippen molar-refractivity contribution in [2.24, 2.45) is 0 Å². The number of amides is 1. The zero-order chi connectivity index (χ0) is 15.4. The number of rotatable bonds is 5. The summed E-state index contributed by atoms with van der Waals surface area (Å²) >= 11 is 5.67. The predicted molar refractivity (Wildman–Crippen MR) is 79.6 cm³/mol. The Morgan fingerprint density at radius 1 is 1.38 bits per heavy atom. The summed E-state index contributed by atoms with van der Waals surface area (Å²) in [6.45, 7) is 2.39. The number of nitrogens with zero attached hydrogens (tertiary/aromatic N) is 1. The van der Waals surface area contributed by atoms with E-state index in [1.165, 1.54) is 5.06 Å². The van der Waals surface area contributed by atoms with Gasteiger partial charge in [0.05, 0.1) is 20.3 Å². The van der Waals surface area contributed by atoms with E-state index in [9.17, 15) is 4.79 Å². The van der Waals surface area contributed by atoms with Gasteiger partial charge in [-0.15, -0.1) is 11.6 Å². The summed E-state index contributed by atoms with van der Waals surface area (Å²) in [5.41, 5.74) is 2.03. The fourth-order valence-electron chi connectivity index (χ4n) is 2.58. The second-order valence-electron chi connectivity index (χ2n) is 4.84. The highest BCUT2D eigenvalue weighted by molar-refractivity contribution is 6.27. The molecule has 0 N–H and O–H groups in total.